The van der Waals surface area contributed by atoms with Crippen LogP contribution in [0.1, 0.15) is 62.0 Å². The lowest BCUT2D eigenvalue weighted by atomic mass is 9.93. The Morgan fingerprint density at radius 2 is 1.49 bits per heavy atom. The Balaban J connectivity index is 1.37. The predicted octanol–water partition coefficient (Wildman–Crippen LogP) is 6.93. The number of amidine groups is 1. The van der Waals surface area contributed by atoms with Gasteiger partial charge in [0.1, 0.15) is 17.6 Å². The van der Waals surface area contributed by atoms with Crippen LogP contribution in [-0.2, 0) is 9.53 Å². The van der Waals surface area contributed by atoms with Crippen LogP contribution >= 0.6 is 23.2 Å². The van der Waals surface area contributed by atoms with E-state index in [2.05, 4.69) is 37.5 Å². The molecule has 3 aliphatic heterocycles. The van der Waals surface area contributed by atoms with Crippen LogP contribution < -0.4 is 4.74 Å². The minimum atomic E-state index is -0.485. The second-order valence-corrected chi connectivity index (χ2v) is 14.9. The Kier molecular flexibility index (Phi) is 11.6. The quantitative estimate of drug-likeness (QED) is 0.247. The monoisotopic (exact) mass is 729 g/mol. The number of rotatable bonds is 7. The first-order valence-corrected chi connectivity index (χ1v) is 18.3. The van der Waals surface area contributed by atoms with Gasteiger partial charge in [-0.3, -0.25) is 19.6 Å². The molecule has 3 aromatic carbocycles. The Morgan fingerprint density at radius 1 is 0.863 bits per heavy atom. The molecule has 0 aliphatic carbocycles. The van der Waals surface area contributed by atoms with E-state index in [9.17, 15) is 9.59 Å². The van der Waals surface area contributed by atoms with Crippen molar-refractivity contribution in [2.24, 2.45) is 10.4 Å². The molecule has 3 heterocycles. The number of amides is 3. The fourth-order valence-corrected chi connectivity index (χ4v) is 6.78. The molecule has 2 fully saturated rings. The summed E-state index contributed by atoms with van der Waals surface area (Å²) in [6, 6.07) is 20.0. The molecule has 0 saturated carbocycles. The van der Waals surface area contributed by atoms with Gasteiger partial charge in [-0.25, -0.2) is 4.79 Å². The van der Waals surface area contributed by atoms with Crippen molar-refractivity contribution in [1.82, 2.24) is 19.6 Å². The van der Waals surface area contributed by atoms with Crippen molar-refractivity contribution in [2.45, 2.75) is 39.8 Å². The van der Waals surface area contributed by atoms with Gasteiger partial charge < -0.3 is 19.3 Å². The minimum Gasteiger partial charge on any atom is -0.493 e. The molecule has 9 nitrogen and oxygen atoms in total. The lowest BCUT2D eigenvalue weighted by Crippen LogP contribution is -2.56. The zero-order valence-electron chi connectivity index (χ0n) is 29.7. The van der Waals surface area contributed by atoms with Gasteiger partial charge in [0.15, 0.2) is 0 Å². The van der Waals surface area contributed by atoms with Crippen LogP contribution in [0.3, 0.4) is 0 Å². The maximum Gasteiger partial charge on any atom is 0.326 e. The fraction of sp³-hybridized carbons (Fsp3) is 0.425. The van der Waals surface area contributed by atoms with Gasteiger partial charge in [0.2, 0.25) is 5.91 Å². The van der Waals surface area contributed by atoms with Gasteiger partial charge >= 0.3 is 6.03 Å². The number of hydrogen-bond acceptors (Lipinski definition) is 6. The summed E-state index contributed by atoms with van der Waals surface area (Å²) < 4.78 is 11.6. The second-order valence-electron chi connectivity index (χ2n) is 14.0. The number of hydrogen-bond donors (Lipinski definition) is 0. The molecule has 3 aromatic rings. The molecule has 3 aliphatic rings. The summed E-state index contributed by atoms with van der Waals surface area (Å²) in [6.07, 6.45) is 0. The SMILES string of the molecule is CCOc1cc(C#CC(C)(C)C)ccc1C1=NC(c2ccc(Cl)cc2)C(c2ccc(Cl)cc2)N1C(=O)N1CCN(CC(=O)N2CCOCC2)CC1. The molecule has 51 heavy (non-hydrogen) atoms. The standard InChI is InChI=1S/C40H45Cl2N5O4/c1-5-51-34-26-28(16-17-40(2,3)4)6-15-33(34)38-43-36(29-7-11-31(41)12-8-29)37(30-9-13-32(42)14-10-30)47(38)39(49)46-20-18-44(19-21-46)27-35(48)45-22-24-50-25-23-45/h6-15,26,36-37H,5,18-25,27H2,1-4H3. The van der Waals surface area contributed by atoms with Crippen molar-refractivity contribution < 1.29 is 19.1 Å². The van der Waals surface area contributed by atoms with Crippen LogP contribution in [0, 0.1) is 17.3 Å². The average molecular weight is 731 g/mol. The maximum absolute atomic E-state index is 14.9. The number of piperazine rings is 1. The van der Waals surface area contributed by atoms with Crippen molar-refractivity contribution in [2.75, 3.05) is 65.6 Å². The molecular weight excluding hydrogens is 685 g/mol. The van der Waals surface area contributed by atoms with Gasteiger partial charge in [0.05, 0.1) is 38.0 Å². The number of carbonyl (C=O) groups is 2. The summed E-state index contributed by atoms with van der Waals surface area (Å²) in [4.78, 5) is 40.9. The van der Waals surface area contributed by atoms with Crippen molar-refractivity contribution in [3.05, 3.63) is 99.0 Å². The summed E-state index contributed by atoms with van der Waals surface area (Å²) in [7, 11) is 0. The number of benzene rings is 3. The first-order valence-electron chi connectivity index (χ1n) is 17.6. The van der Waals surface area contributed by atoms with Crippen molar-refractivity contribution in [3.63, 3.8) is 0 Å². The number of nitrogens with zero attached hydrogens (tertiary/aromatic N) is 5. The maximum atomic E-state index is 14.9. The summed E-state index contributed by atoms with van der Waals surface area (Å²) >= 11 is 12.7. The summed E-state index contributed by atoms with van der Waals surface area (Å²) in [5, 5.41) is 1.22. The third-order valence-corrected chi connectivity index (χ3v) is 9.67. The molecule has 0 radical (unpaired) electrons. The normalized spacial score (nSPS) is 19.7. The van der Waals surface area contributed by atoms with Gasteiger partial charge in [0.25, 0.3) is 0 Å². The summed E-state index contributed by atoms with van der Waals surface area (Å²) in [5.41, 5.74) is 3.17. The van der Waals surface area contributed by atoms with Crippen LogP contribution in [0.2, 0.25) is 10.0 Å². The molecule has 0 N–H and O–H groups in total. The minimum absolute atomic E-state index is 0.0970. The lowest BCUT2D eigenvalue weighted by Gasteiger charge is -2.39. The molecule has 0 aromatic heterocycles. The third kappa shape index (κ3) is 8.88. The van der Waals surface area contributed by atoms with Crippen molar-refractivity contribution >= 4 is 41.0 Å². The predicted molar refractivity (Wildman–Crippen MR) is 202 cm³/mol. The molecule has 11 heteroatoms. The topological polar surface area (TPSA) is 77.9 Å². The zero-order chi connectivity index (χ0) is 36.1. The van der Waals surface area contributed by atoms with Crippen molar-refractivity contribution in [1.29, 1.82) is 0 Å². The first kappa shape index (κ1) is 36.7. The van der Waals surface area contributed by atoms with E-state index in [-0.39, 0.29) is 17.4 Å². The Morgan fingerprint density at radius 3 is 2.10 bits per heavy atom. The summed E-state index contributed by atoms with van der Waals surface area (Å²) in [5.74, 6) is 7.81. The van der Waals surface area contributed by atoms with Gasteiger partial charge in [0, 0.05) is 60.3 Å². The van der Waals surface area contributed by atoms with E-state index in [0.29, 0.717) is 92.8 Å². The van der Waals surface area contributed by atoms with E-state index in [4.69, 9.17) is 37.7 Å². The zero-order valence-corrected chi connectivity index (χ0v) is 31.2. The van der Waals surface area contributed by atoms with Crippen LogP contribution in [0.5, 0.6) is 5.75 Å². The number of carbonyl (C=O) groups excluding carboxylic acids is 2. The van der Waals surface area contributed by atoms with Crippen LogP contribution in [0.25, 0.3) is 0 Å². The van der Waals surface area contributed by atoms with Crippen LogP contribution in [0.4, 0.5) is 4.79 Å². The highest BCUT2D eigenvalue weighted by Crippen LogP contribution is 2.45. The van der Waals surface area contributed by atoms with Gasteiger partial charge in [-0.1, -0.05) is 59.3 Å². The fourth-order valence-electron chi connectivity index (χ4n) is 6.53. The first-order chi connectivity index (χ1) is 24.5. The number of morpholine rings is 1. The number of ether oxygens (including phenoxy) is 2. The van der Waals surface area contributed by atoms with E-state index >= 15 is 0 Å². The molecule has 2 unspecified atom stereocenters. The molecule has 0 spiro atoms. The van der Waals surface area contributed by atoms with E-state index in [1.807, 2.05) is 88.4 Å². The smallest absolute Gasteiger partial charge is 0.326 e. The Labute approximate surface area is 311 Å². The Bertz CT molecular complexity index is 1800. The molecule has 2 saturated heterocycles. The van der Waals surface area contributed by atoms with Crippen LogP contribution in [0.15, 0.2) is 71.7 Å². The lowest BCUT2D eigenvalue weighted by molar-refractivity contribution is -0.136. The van der Waals surface area contributed by atoms with E-state index in [0.717, 1.165) is 16.7 Å². The number of aliphatic imine (C=N–C) groups is 1. The molecule has 268 valence electrons. The highest BCUT2D eigenvalue weighted by Gasteiger charge is 2.45. The van der Waals surface area contributed by atoms with Crippen LogP contribution in [-0.4, -0.2) is 103 Å². The molecule has 2 atom stereocenters. The number of halogens is 2. The molecule has 3 amide bonds. The average Bonchev–Trinajstić information content (AvgIpc) is 3.52. The summed E-state index contributed by atoms with van der Waals surface area (Å²) in [6.45, 7) is 13.4. The van der Waals surface area contributed by atoms with Gasteiger partial charge in [-0.05, 0) is 81.3 Å². The van der Waals surface area contributed by atoms with Gasteiger partial charge in [-0.15, -0.1) is 0 Å². The van der Waals surface area contributed by atoms with E-state index < -0.39 is 12.1 Å². The molecule has 6 rings (SSSR count). The van der Waals surface area contributed by atoms with Gasteiger partial charge in [-0.2, -0.15) is 0 Å². The largest absolute Gasteiger partial charge is 0.493 e. The molecular formula is C40H45Cl2N5O4. The van der Waals surface area contributed by atoms with E-state index in [1.54, 1.807) is 0 Å². The number of urea groups is 1. The highest BCUT2D eigenvalue weighted by molar-refractivity contribution is 6.30. The third-order valence-electron chi connectivity index (χ3n) is 9.17. The Hall–Kier alpha value is -4.07. The van der Waals surface area contributed by atoms with E-state index in [1.165, 1.54) is 0 Å². The second kappa shape index (κ2) is 16.1. The van der Waals surface area contributed by atoms with Crippen molar-refractivity contribution in [3.8, 4) is 17.6 Å². The molecule has 0 bridgehead atoms. The highest BCUT2D eigenvalue weighted by atomic mass is 35.5.